The number of fused-ring (bicyclic) bond motifs is 1. The van der Waals surface area contributed by atoms with Crippen LogP contribution in [-0.2, 0) is 14.8 Å². The van der Waals surface area contributed by atoms with Crippen LogP contribution in [0, 0.1) is 18.6 Å². The maximum atomic E-state index is 14.0. The van der Waals surface area contributed by atoms with Gasteiger partial charge in [0.15, 0.2) is 0 Å². The highest BCUT2D eigenvalue weighted by atomic mass is 32.2. The predicted octanol–water partition coefficient (Wildman–Crippen LogP) is 3.57. The highest BCUT2D eigenvalue weighted by Crippen LogP contribution is 2.23. The maximum absolute atomic E-state index is 14.0. The summed E-state index contributed by atoms with van der Waals surface area (Å²) >= 11 is 0. The standard InChI is InChI=1S/C23H22F2N4O4S/c1-5-16(18-13-29-21(10-14(18)2)26-9-8-22(29)30)12-27-23(33-4)15(3)28-34(31,32)20-7-6-17(24)11-19(20)25/h6-13,28H,3,5H2,1-2,4H3/b16-12+,27-23?. The Labute approximate surface area is 195 Å². The number of ether oxygens (including phenoxy) is 1. The molecule has 0 saturated heterocycles. The van der Waals surface area contributed by atoms with Crippen molar-refractivity contribution >= 4 is 27.1 Å². The first-order valence-corrected chi connectivity index (χ1v) is 11.5. The van der Waals surface area contributed by atoms with Gasteiger partial charge in [0.25, 0.3) is 15.6 Å². The number of aliphatic imine (C=N–C) groups is 1. The number of nitrogens with one attached hydrogen (secondary N) is 1. The van der Waals surface area contributed by atoms with Crippen LogP contribution in [0.25, 0.3) is 11.2 Å². The molecule has 0 aliphatic carbocycles. The summed E-state index contributed by atoms with van der Waals surface area (Å²) in [6.07, 6.45) is 5.09. The van der Waals surface area contributed by atoms with Gasteiger partial charge >= 0.3 is 0 Å². The maximum Gasteiger partial charge on any atom is 0.264 e. The zero-order chi connectivity index (χ0) is 25.0. The van der Waals surface area contributed by atoms with Gasteiger partial charge in [0.2, 0.25) is 5.90 Å². The topological polar surface area (TPSA) is 102 Å². The molecule has 1 N–H and O–H groups in total. The Morgan fingerprint density at radius 1 is 1.29 bits per heavy atom. The van der Waals surface area contributed by atoms with Crippen molar-refractivity contribution in [2.75, 3.05) is 7.11 Å². The van der Waals surface area contributed by atoms with Crippen LogP contribution >= 0.6 is 0 Å². The molecule has 3 rings (SSSR count). The van der Waals surface area contributed by atoms with Gasteiger partial charge in [0.05, 0.1) is 7.11 Å². The Kier molecular flexibility index (Phi) is 7.26. The Morgan fingerprint density at radius 2 is 2.03 bits per heavy atom. The van der Waals surface area contributed by atoms with E-state index >= 15 is 0 Å². The van der Waals surface area contributed by atoms with E-state index in [2.05, 4.69) is 21.3 Å². The minimum Gasteiger partial charge on any atom is -0.480 e. The van der Waals surface area contributed by atoms with Gasteiger partial charge < -0.3 is 4.74 Å². The third-order valence-electron chi connectivity index (χ3n) is 4.89. The minimum atomic E-state index is -4.41. The molecular formula is C23H22F2N4O4S. The number of sulfonamides is 1. The highest BCUT2D eigenvalue weighted by Gasteiger charge is 2.22. The summed E-state index contributed by atoms with van der Waals surface area (Å²) in [5, 5.41) is 0. The van der Waals surface area contributed by atoms with Crippen LogP contribution in [0.15, 0.2) is 75.9 Å². The second-order valence-corrected chi connectivity index (χ2v) is 8.84. The van der Waals surface area contributed by atoms with E-state index in [-0.39, 0.29) is 17.2 Å². The zero-order valence-corrected chi connectivity index (χ0v) is 19.5. The zero-order valence-electron chi connectivity index (χ0n) is 18.7. The van der Waals surface area contributed by atoms with Gasteiger partial charge in [-0.2, -0.15) is 0 Å². The molecule has 0 spiro atoms. The van der Waals surface area contributed by atoms with E-state index < -0.39 is 26.6 Å². The molecule has 0 saturated carbocycles. The number of halogens is 2. The SMILES string of the molecule is C=C(NS(=O)(=O)c1ccc(F)cc1F)C(=N/C=C(\CC)c1cn2c(=O)ccnc2cc1C)OC. The minimum absolute atomic E-state index is 0.172. The lowest BCUT2D eigenvalue weighted by molar-refractivity contribution is 0.402. The van der Waals surface area contributed by atoms with Crippen molar-refractivity contribution in [2.45, 2.75) is 25.2 Å². The molecule has 0 fully saturated rings. The van der Waals surface area contributed by atoms with Gasteiger partial charge in [-0.15, -0.1) is 0 Å². The normalized spacial score (nSPS) is 12.6. The number of aromatic nitrogens is 2. The van der Waals surface area contributed by atoms with Gasteiger partial charge in [-0.1, -0.05) is 13.5 Å². The number of methoxy groups -OCH3 is 1. The second kappa shape index (κ2) is 9.96. The molecule has 0 amide bonds. The van der Waals surface area contributed by atoms with Crippen LogP contribution in [0.4, 0.5) is 8.78 Å². The molecule has 8 nitrogen and oxygen atoms in total. The average Bonchev–Trinajstić information content (AvgIpc) is 2.76. The average molecular weight is 489 g/mol. The van der Waals surface area contributed by atoms with E-state index in [1.54, 1.807) is 12.3 Å². The summed E-state index contributed by atoms with van der Waals surface area (Å²) in [5.74, 6) is -2.33. The molecule has 0 aliphatic heterocycles. The van der Waals surface area contributed by atoms with E-state index in [1.165, 1.54) is 30.0 Å². The summed E-state index contributed by atoms with van der Waals surface area (Å²) in [6, 6.07) is 5.22. The largest absolute Gasteiger partial charge is 0.480 e. The van der Waals surface area contributed by atoms with Gasteiger partial charge in [0.1, 0.15) is 27.9 Å². The fraction of sp³-hybridized carbons (Fsp3) is 0.174. The van der Waals surface area contributed by atoms with Crippen LogP contribution in [0.2, 0.25) is 0 Å². The number of rotatable bonds is 7. The number of nitrogens with zero attached hydrogens (tertiary/aromatic N) is 3. The van der Waals surface area contributed by atoms with E-state index in [9.17, 15) is 22.0 Å². The Hall–Kier alpha value is -3.86. The van der Waals surface area contributed by atoms with E-state index in [0.29, 0.717) is 18.1 Å². The fourth-order valence-electron chi connectivity index (χ4n) is 3.20. The summed E-state index contributed by atoms with van der Waals surface area (Å²) in [4.78, 5) is 19.8. The quantitative estimate of drug-likeness (QED) is 0.405. The Morgan fingerprint density at radius 3 is 2.68 bits per heavy atom. The lowest BCUT2D eigenvalue weighted by Crippen LogP contribution is -2.28. The monoisotopic (exact) mass is 488 g/mol. The number of benzene rings is 1. The lowest BCUT2D eigenvalue weighted by Gasteiger charge is -2.13. The number of aryl methyl sites for hydroxylation is 1. The summed E-state index contributed by atoms with van der Waals surface area (Å²) < 4.78 is 60.8. The van der Waals surface area contributed by atoms with Crippen molar-refractivity contribution in [2.24, 2.45) is 4.99 Å². The van der Waals surface area contributed by atoms with Crippen molar-refractivity contribution in [3.63, 3.8) is 0 Å². The smallest absolute Gasteiger partial charge is 0.264 e. The first-order valence-electron chi connectivity index (χ1n) is 10.0. The van der Waals surface area contributed by atoms with Crippen molar-refractivity contribution in [1.82, 2.24) is 14.1 Å². The predicted molar refractivity (Wildman–Crippen MR) is 125 cm³/mol. The van der Waals surface area contributed by atoms with Gasteiger partial charge in [-0.05, 0) is 48.2 Å². The molecule has 2 heterocycles. The second-order valence-electron chi connectivity index (χ2n) is 7.19. The molecule has 34 heavy (non-hydrogen) atoms. The number of pyridine rings is 1. The first kappa shape index (κ1) is 24.8. The Bertz CT molecular complexity index is 1490. The van der Waals surface area contributed by atoms with Gasteiger partial charge in [0, 0.05) is 30.7 Å². The third kappa shape index (κ3) is 5.20. The summed E-state index contributed by atoms with van der Waals surface area (Å²) in [5.41, 5.74) is 2.33. The van der Waals surface area contributed by atoms with Crippen LogP contribution < -0.4 is 10.3 Å². The molecule has 1 aromatic carbocycles. The van der Waals surface area contributed by atoms with E-state index in [0.717, 1.165) is 28.8 Å². The number of hydrogen-bond donors (Lipinski definition) is 1. The molecule has 11 heteroatoms. The van der Waals surface area contributed by atoms with Crippen molar-refractivity contribution < 1.29 is 21.9 Å². The molecule has 0 bridgehead atoms. The van der Waals surface area contributed by atoms with Crippen LogP contribution in [0.1, 0.15) is 24.5 Å². The highest BCUT2D eigenvalue weighted by molar-refractivity contribution is 7.89. The Balaban J connectivity index is 1.95. The van der Waals surface area contributed by atoms with Gasteiger partial charge in [-0.3, -0.25) is 13.9 Å². The molecule has 178 valence electrons. The van der Waals surface area contributed by atoms with Crippen LogP contribution in [0.3, 0.4) is 0 Å². The summed E-state index contributed by atoms with van der Waals surface area (Å²) in [6.45, 7) is 7.36. The van der Waals surface area contributed by atoms with Gasteiger partial charge in [-0.25, -0.2) is 27.2 Å². The van der Waals surface area contributed by atoms with E-state index in [1.807, 2.05) is 13.8 Å². The molecule has 3 aromatic rings. The van der Waals surface area contributed by atoms with Crippen molar-refractivity contribution in [3.8, 4) is 0 Å². The summed E-state index contributed by atoms with van der Waals surface area (Å²) in [7, 11) is -3.15. The molecule has 0 radical (unpaired) electrons. The fourth-order valence-corrected chi connectivity index (χ4v) is 4.29. The molecule has 0 atom stereocenters. The lowest BCUT2D eigenvalue weighted by atomic mass is 10.0. The number of allylic oxidation sites excluding steroid dienone is 1. The molecule has 2 aromatic heterocycles. The van der Waals surface area contributed by atoms with Crippen molar-refractivity contribution in [3.05, 3.63) is 94.3 Å². The van der Waals surface area contributed by atoms with Crippen LogP contribution in [0.5, 0.6) is 0 Å². The molecule has 0 unspecified atom stereocenters. The first-order chi connectivity index (χ1) is 16.1. The van der Waals surface area contributed by atoms with E-state index in [4.69, 9.17) is 4.74 Å². The van der Waals surface area contributed by atoms with Crippen LogP contribution in [-0.4, -0.2) is 30.8 Å². The number of hydrogen-bond acceptors (Lipinski definition) is 6. The molecule has 0 aliphatic rings. The third-order valence-corrected chi connectivity index (χ3v) is 6.32. The molecular weight excluding hydrogens is 466 g/mol. The van der Waals surface area contributed by atoms with Crippen molar-refractivity contribution in [1.29, 1.82) is 0 Å².